The Morgan fingerprint density at radius 3 is 2.19 bits per heavy atom. The van der Waals surface area contributed by atoms with Crippen molar-refractivity contribution in [2.75, 3.05) is 13.1 Å². The number of halogens is 3. The highest BCUT2D eigenvalue weighted by molar-refractivity contribution is 5.87. The molecule has 0 saturated carbocycles. The molecule has 1 amide bonds. The molecule has 3 nitrogen and oxygen atoms in total. The Kier molecular flexibility index (Phi) is 4.27. The highest BCUT2D eigenvalue weighted by Crippen LogP contribution is 2.35. The van der Waals surface area contributed by atoms with Crippen LogP contribution in [0.3, 0.4) is 0 Å². The number of alkyl halides is 3. The first-order valence-corrected chi connectivity index (χ1v) is 6.93. The normalized spacial score (nSPS) is 20.1. The molecule has 0 radical (unpaired) electrons. The van der Waals surface area contributed by atoms with Gasteiger partial charge in [0.05, 0.1) is 5.92 Å². The number of likely N-dealkylation sites (tertiary alicyclic amines) is 1. The van der Waals surface area contributed by atoms with Crippen LogP contribution in [-0.4, -0.2) is 30.1 Å². The highest BCUT2D eigenvalue weighted by Gasteiger charge is 2.43. The lowest BCUT2D eigenvalue weighted by atomic mass is 9.89. The molecule has 0 aliphatic carbocycles. The number of hydrogen-bond donors (Lipinski definition) is 1. The van der Waals surface area contributed by atoms with Crippen LogP contribution >= 0.6 is 0 Å². The largest absolute Gasteiger partial charge is 0.391 e. The van der Waals surface area contributed by atoms with Crippen molar-refractivity contribution in [3.63, 3.8) is 0 Å². The fraction of sp³-hybridized carbons (Fsp3) is 0.533. The first-order valence-electron chi connectivity index (χ1n) is 6.93. The fourth-order valence-electron chi connectivity index (χ4n) is 2.65. The van der Waals surface area contributed by atoms with Crippen LogP contribution in [0.4, 0.5) is 13.2 Å². The Hall–Kier alpha value is -1.56. The third-order valence-corrected chi connectivity index (χ3v) is 4.06. The van der Waals surface area contributed by atoms with Crippen molar-refractivity contribution in [2.45, 2.75) is 31.5 Å². The van der Waals surface area contributed by atoms with Crippen LogP contribution in [0.15, 0.2) is 30.3 Å². The molecule has 0 bridgehead atoms. The molecule has 1 aliphatic heterocycles. The van der Waals surface area contributed by atoms with Gasteiger partial charge in [0, 0.05) is 13.1 Å². The summed E-state index contributed by atoms with van der Waals surface area (Å²) in [5.74, 6) is -1.64. The van der Waals surface area contributed by atoms with Crippen molar-refractivity contribution in [3.05, 3.63) is 35.9 Å². The van der Waals surface area contributed by atoms with Crippen LogP contribution < -0.4 is 5.73 Å². The Morgan fingerprint density at radius 1 is 1.19 bits per heavy atom. The molecule has 1 aromatic carbocycles. The quantitative estimate of drug-likeness (QED) is 0.912. The van der Waals surface area contributed by atoms with Crippen LogP contribution in [0, 0.1) is 5.92 Å². The molecule has 1 aliphatic rings. The molecule has 1 heterocycles. The van der Waals surface area contributed by atoms with E-state index in [1.165, 1.54) is 4.90 Å². The van der Waals surface area contributed by atoms with Crippen molar-refractivity contribution in [2.24, 2.45) is 11.7 Å². The van der Waals surface area contributed by atoms with Gasteiger partial charge in [0.1, 0.15) is 5.54 Å². The first-order chi connectivity index (χ1) is 9.73. The van der Waals surface area contributed by atoms with E-state index >= 15 is 0 Å². The number of carbonyl (C=O) groups excluding carboxylic acids is 1. The topological polar surface area (TPSA) is 46.3 Å². The summed E-state index contributed by atoms with van der Waals surface area (Å²) in [4.78, 5) is 13.9. The smallest absolute Gasteiger partial charge is 0.341 e. The Morgan fingerprint density at radius 2 is 1.71 bits per heavy atom. The van der Waals surface area contributed by atoms with Crippen LogP contribution in [0.1, 0.15) is 25.3 Å². The van der Waals surface area contributed by atoms with Gasteiger partial charge in [-0.25, -0.2) is 0 Å². The number of nitrogens with two attached hydrogens (primary N) is 1. The number of nitrogens with zero attached hydrogens (tertiary/aromatic N) is 1. The van der Waals surface area contributed by atoms with Gasteiger partial charge in [-0.2, -0.15) is 13.2 Å². The number of hydrogen-bond acceptors (Lipinski definition) is 2. The summed E-state index contributed by atoms with van der Waals surface area (Å²) in [5.41, 5.74) is 5.56. The maximum Gasteiger partial charge on any atom is 0.391 e. The van der Waals surface area contributed by atoms with Gasteiger partial charge in [-0.3, -0.25) is 4.79 Å². The minimum Gasteiger partial charge on any atom is -0.341 e. The second kappa shape index (κ2) is 5.67. The van der Waals surface area contributed by atoms with E-state index in [4.69, 9.17) is 5.73 Å². The lowest BCUT2D eigenvalue weighted by Crippen LogP contribution is -2.53. The monoisotopic (exact) mass is 300 g/mol. The zero-order chi connectivity index (χ0) is 15.7. The van der Waals surface area contributed by atoms with Crippen molar-refractivity contribution in [3.8, 4) is 0 Å². The number of benzene rings is 1. The average Bonchev–Trinajstić information content (AvgIpc) is 2.46. The van der Waals surface area contributed by atoms with Gasteiger partial charge < -0.3 is 10.6 Å². The van der Waals surface area contributed by atoms with Crippen LogP contribution in [-0.2, 0) is 10.3 Å². The molecule has 1 unspecified atom stereocenters. The van der Waals surface area contributed by atoms with E-state index in [0.29, 0.717) is 5.56 Å². The molecule has 2 N–H and O–H groups in total. The maximum absolute atomic E-state index is 12.6. The van der Waals surface area contributed by atoms with Crippen molar-refractivity contribution in [1.82, 2.24) is 4.90 Å². The minimum atomic E-state index is -4.18. The molecule has 1 atom stereocenters. The second-order valence-electron chi connectivity index (χ2n) is 5.68. The summed E-state index contributed by atoms with van der Waals surface area (Å²) in [6.45, 7) is 1.80. The molecular weight excluding hydrogens is 281 g/mol. The van der Waals surface area contributed by atoms with E-state index in [0.717, 1.165) is 0 Å². The van der Waals surface area contributed by atoms with Gasteiger partial charge in [0.2, 0.25) is 5.91 Å². The molecule has 2 rings (SSSR count). The fourth-order valence-corrected chi connectivity index (χ4v) is 2.65. The summed E-state index contributed by atoms with van der Waals surface area (Å²) < 4.78 is 37.9. The number of piperidine rings is 1. The second-order valence-corrected chi connectivity index (χ2v) is 5.68. The lowest BCUT2D eigenvalue weighted by molar-refractivity contribution is -0.187. The molecule has 1 aromatic rings. The predicted molar refractivity (Wildman–Crippen MR) is 73.3 cm³/mol. The first kappa shape index (κ1) is 15.8. The third-order valence-electron chi connectivity index (χ3n) is 4.06. The summed E-state index contributed by atoms with van der Waals surface area (Å²) in [7, 11) is 0. The standard InChI is InChI=1S/C15H19F3N2O/c1-14(19,11-5-3-2-4-6-11)13(21)20-9-7-12(8-10-20)15(16,17)18/h2-6,12H,7-10,19H2,1H3. The van der Waals surface area contributed by atoms with Gasteiger partial charge in [0.25, 0.3) is 0 Å². The SMILES string of the molecule is CC(N)(C(=O)N1CCC(C(F)(F)F)CC1)c1ccccc1. The van der Waals surface area contributed by atoms with Crippen molar-refractivity contribution in [1.29, 1.82) is 0 Å². The van der Waals surface area contributed by atoms with Crippen molar-refractivity contribution >= 4 is 5.91 Å². The Labute approximate surface area is 121 Å². The average molecular weight is 300 g/mol. The van der Waals surface area contributed by atoms with Gasteiger partial charge in [-0.15, -0.1) is 0 Å². The van der Waals surface area contributed by atoms with Crippen LogP contribution in [0.2, 0.25) is 0 Å². The minimum absolute atomic E-state index is 0.0554. The van der Waals surface area contributed by atoms with E-state index in [1.807, 2.05) is 6.07 Å². The Bertz CT molecular complexity index is 491. The van der Waals surface area contributed by atoms with E-state index in [9.17, 15) is 18.0 Å². The molecule has 21 heavy (non-hydrogen) atoms. The molecule has 0 aromatic heterocycles. The maximum atomic E-state index is 12.6. The van der Waals surface area contributed by atoms with Gasteiger partial charge in [-0.05, 0) is 25.3 Å². The zero-order valence-corrected chi connectivity index (χ0v) is 11.9. The lowest BCUT2D eigenvalue weighted by Gasteiger charge is -2.37. The van der Waals surface area contributed by atoms with Gasteiger partial charge in [0.15, 0.2) is 0 Å². The van der Waals surface area contributed by atoms with E-state index in [2.05, 4.69) is 0 Å². The highest BCUT2D eigenvalue weighted by atomic mass is 19.4. The Balaban J connectivity index is 2.05. The van der Waals surface area contributed by atoms with Crippen molar-refractivity contribution < 1.29 is 18.0 Å². The zero-order valence-electron chi connectivity index (χ0n) is 11.9. The van der Waals surface area contributed by atoms with Crippen LogP contribution in [0.5, 0.6) is 0 Å². The predicted octanol–water partition coefficient (Wildman–Crippen LogP) is 2.66. The van der Waals surface area contributed by atoms with E-state index in [-0.39, 0.29) is 31.8 Å². The molecule has 116 valence electrons. The summed E-state index contributed by atoms with van der Waals surface area (Å²) in [6, 6.07) is 8.88. The number of rotatable bonds is 2. The summed E-state index contributed by atoms with van der Waals surface area (Å²) in [5, 5.41) is 0. The van der Waals surface area contributed by atoms with Gasteiger partial charge >= 0.3 is 6.18 Å². The number of amides is 1. The molecule has 1 fully saturated rings. The molecular formula is C15H19F3N2O. The summed E-state index contributed by atoms with van der Waals surface area (Å²) >= 11 is 0. The van der Waals surface area contributed by atoms with Crippen LogP contribution in [0.25, 0.3) is 0 Å². The number of carbonyl (C=O) groups is 1. The molecule has 0 spiro atoms. The molecule has 1 saturated heterocycles. The third kappa shape index (κ3) is 3.37. The summed E-state index contributed by atoms with van der Waals surface area (Å²) in [6.07, 6.45) is -4.29. The molecule has 6 heteroatoms. The van der Waals surface area contributed by atoms with Gasteiger partial charge in [-0.1, -0.05) is 30.3 Å². The van der Waals surface area contributed by atoms with E-state index < -0.39 is 17.6 Å². The van der Waals surface area contributed by atoms with E-state index in [1.54, 1.807) is 31.2 Å².